The molecule has 82 valence electrons. The smallest absolute Gasteiger partial charge is 0.123 e. The van der Waals surface area contributed by atoms with Gasteiger partial charge in [0.15, 0.2) is 0 Å². The summed E-state index contributed by atoms with van der Waals surface area (Å²) >= 11 is 3.43. The Labute approximate surface area is 103 Å². The first kappa shape index (κ1) is 11.0. The van der Waals surface area contributed by atoms with Crippen LogP contribution in [-0.4, -0.2) is 4.98 Å². The molecule has 2 rings (SSSR count). The maximum atomic E-state index is 5.52. The summed E-state index contributed by atoms with van der Waals surface area (Å²) in [6.45, 7) is 0.740. The summed E-state index contributed by atoms with van der Waals surface area (Å²) in [7, 11) is 0. The molecule has 1 aromatic carbocycles. The fourth-order valence-electron chi connectivity index (χ4n) is 1.34. The summed E-state index contributed by atoms with van der Waals surface area (Å²) in [5.41, 5.74) is 7.70. The summed E-state index contributed by atoms with van der Waals surface area (Å²) in [4.78, 5) is 4.04. The number of benzene rings is 1. The number of aromatic nitrogens is 1. The molecule has 0 unspecified atom stereocenters. The minimum atomic E-state index is 0.547. The second kappa shape index (κ2) is 4.99. The van der Waals surface area contributed by atoms with Crippen LogP contribution in [-0.2, 0) is 6.54 Å². The normalized spacial score (nSPS) is 10.1. The van der Waals surface area contributed by atoms with E-state index in [1.165, 1.54) is 0 Å². The van der Waals surface area contributed by atoms with Crippen LogP contribution < -0.4 is 11.1 Å². The zero-order valence-electron chi connectivity index (χ0n) is 8.65. The fraction of sp³-hybridized carbons (Fsp3) is 0.0833. The van der Waals surface area contributed by atoms with Crippen LogP contribution in [0.5, 0.6) is 0 Å². The van der Waals surface area contributed by atoms with Crippen molar-refractivity contribution in [2.24, 2.45) is 0 Å². The van der Waals surface area contributed by atoms with Crippen LogP contribution in [0.1, 0.15) is 5.56 Å². The van der Waals surface area contributed by atoms with Crippen molar-refractivity contribution in [3.63, 3.8) is 0 Å². The molecular weight excluding hydrogens is 266 g/mol. The van der Waals surface area contributed by atoms with Gasteiger partial charge in [0, 0.05) is 22.9 Å². The molecule has 0 atom stereocenters. The second-order valence-electron chi connectivity index (χ2n) is 3.46. The molecule has 0 aliphatic rings. The molecule has 1 heterocycles. The van der Waals surface area contributed by atoms with E-state index in [2.05, 4.69) is 26.2 Å². The zero-order chi connectivity index (χ0) is 11.4. The summed E-state index contributed by atoms with van der Waals surface area (Å²) in [5, 5.41) is 3.31. The minimum Gasteiger partial charge on any atom is -0.384 e. The molecule has 0 spiro atoms. The third kappa shape index (κ3) is 2.97. The highest BCUT2D eigenvalue weighted by Crippen LogP contribution is 2.16. The number of nitrogens with one attached hydrogen (secondary N) is 1. The summed E-state index contributed by atoms with van der Waals surface area (Å²) in [6, 6.07) is 11.8. The molecule has 2 aromatic rings. The first-order chi connectivity index (χ1) is 7.74. The number of rotatable bonds is 3. The predicted octanol–water partition coefficient (Wildman–Crippen LogP) is 3.04. The van der Waals surface area contributed by atoms with Gasteiger partial charge >= 0.3 is 0 Å². The molecule has 0 radical (unpaired) electrons. The van der Waals surface area contributed by atoms with Crippen molar-refractivity contribution in [2.75, 3.05) is 11.1 Å². The standard InChI is InChI=1S/C12H12BrN3/c13-10-2-1-3-11(6-10)15-7-9-4-5-12(14)16-8-9/h1-6,8,15H,7H2,(H2,14,16). The predicted molar refractivity (Wildman–Crippen MR) is 70.1 cm³/mol. The van der Waals surface area contributed by atoms with Crippen molar-refractivity contribution >= 4 is 27.4 Å². The topological polar surface area (TPSA) is 50.9 Å². The first-order valence-electron chi connectivity index (χ1n) is 4.94. The maximum absolute atomic E-state index is 5.52. The number of hydrogen-bond donors (Lipinski definition) is 2. The van der Waals surface area contributed by atoms with Crippen LogP contribution >= 0.6 is 15.9 Å². The van der Waals surface area contributed by atoms with Crippen molar-refractivity contribution in [2.45, 2.75) is 6.54 Å². The molecule has 0 saturated carbocycles. The van der Waals surface area contributed by atoms with Gasteiger partial charge in [0.25, 0.3) is 0 Å². The van der Waals surface area contributed by atoms with Gasteiger partial charge in [-0.05, 0) is 29.8 Å². The van der Waals surface area contributed by atoms with E-state index in [1.54, 1.807) is 12.3 Å². The van der Waals surface area contributed by atoms with Crippen LogP contribution in [0.4, 0.5) is 11.5 Å². The Kier molecular flexibility index (Phi) is 3.41. The number of anilines is 2. The lowest BCUT2D eigenvalue weighted by molar-refractivity contribution is 1.12. The van der Waals surface area contributed by atoms with Crippen LogP contribution in [0, 0.1) is 0 Å². The van der Waals surface area contributed by atoms with Crippen molar-refractivity contribution in [3.05, 3.63) is 52.6 Å². The van der Waals surface area contributed by atoms with Crippen LogP contribution in [0.25, 0.3) is 0 Å². The van der Waals surface area contributed by atoms with Gasteiger partial charge in [-0.3, -0.25) is 0 Å². The highest BCUT2D eigenvalue weighted by atomic mass is 79.9. The molecule has 3 nitrogen and oxygen atoms in total. The van der Waals surface area contributed by atoms with Gasteiger partial charge in [0.05, 0.1) is 0 Å². The zero-order valence-corrected chi connectivity index (χ0v) is 10.2. The summed E-state index contributed by atoms with van der Waals surface area (Å²) in [5.74, 6) is 0.547. The van der Waals surface area contributed by atoms with Crippen molar-refractivity contribution in [3.8, 4) is 0 Å². The summed E-state index contributed by atoms with van der Waals surface area (Å²) in [6.07, 6.45) is 1.78. The van der Waals surface area contributed by atoms with Crippen LogP contribution in [0.2, 0.25) is 0 Å². The first-order valence-corrected chi connectivity index (χ1v) is 5.73. The highest BCUT2D eigenvalue weighted by Gasteiger charge is 1.95. The molecule has 0 fully saturated rings. The number of hydrogen-bond acceptors (Lipinski definition) is 3. The summed E-state index contributed by atoms with van der Waals surface area (Å²) < 4.78 is 1.06. The molecular formula is C12H12BrN3. The Balaban J connectivity index is 1.99. The number of halogens is 1. The van der Waals surface area contributed by atoms with Gasteiger partial charge in [-0.25, -0.2) is 4.98 Å². The lowest BCUT2D eigenvalue weighted by Crippen LogP contribution is -2.00. The fourth-order valence-corrected chi connectivity index (χ4v) is 1.74. The third-order valence-electron chi connectivity index (χ3n) is 2.17. The van der Waals surface area contributed by atoms with Gasteiger partial charge in [-0.1, -0.05) is 28.1 Å². The van der Waals surface area contributed by atoms with Gasteiger partial charge in [0.2, 0.25) is 0 Å². The molecule has 1 aromatic heterocycles. The minimum absolute atomic E-state index is 0.547. The lowest BCUT2D eigenvalue weighted by atomic mass is 10.2. The Bertz CT molecular complexity index is 468. The van der Waals surface area contributed by atoms with E-state index in [1.807, 2.05) is 30.3 Å². The second-order valence-corrected chi connectivity index (χ2v) is 4.37. The Morgan fingerprint density at radius 3 is 2.81 bits per heavy atom. The van der Waals surface area contributed by atoms with E-state index in [4.69, 9.17) is 5.73 Å². The van der Waals surface area contributed by atoms with Gasteiger partial charge in [-0.2, -0.15) is 0 Å². The molecule has 0 amide bonds. The molecule has 3 N–H and O–H groups in total. The largest absolute Gasteiger partial charge is 0.384 e. The number of nitrogen functional groups attached to an aromatic ring is 1. The van der Waals surface area contributed by atoms with E-state index >= 15 is 0 Å². The molecule has 0 saturated heterocycles. The average molecular weight is 278 g/mol. The Morgan fingerprint density at radius 2 is 2.12 bits per heavy atom. The monoisotopic (exact) mass is 277 g/mol. The van der Waals surface area contributed by atoms with E-state index in [0.717, 1.165) is 22.3 Å². The van der Waals surface area contributed by atoms with E-state index in [9.17, 15) is 0 Å². The third-order valence-corrected chi connectivity index (χ3v) is 2.66. The van der Waals surface area contributed by atoms with Crippen molar-refractivity contribution < 1.29 is 0 Å². The number of pyridine rings is 1. The molecule has 16 heavy (non-hydrogen) atoms. The van der Waals surface area contributed by atoms with Crippen molar-refractivity contribution in [1.29, 1.82) is 0 Å². The van der Waals surface area contributed by atoms with Gasteiger partial charge in [0.1, 0.15) is 5.82 Å². The quantitative estimate of drug-likeness (QED) is 0.907. The molecule has 0 aliphatic carbocycles. The van der Waals surface area contributed by atoms with Crippen LogP contribution in [0.3, 0.4) is 0 Å². The van der Waals surface area contributed by atoms with E-state index in [0.29, 0.717) is 5.82 Å². The molecule has 4 heteroatoms. The highest BCUT2D eigenvalue weighted by molar-refractivity contribution is 9.10. The van der Waals surface area contributed by atoms with Crippen molar-refractivity contribution in [1.82, 2.24) is 4.98 Å². The lowest BCUT2D eigenvalue weighted by Gasteiger charge is -2.06. The Hall–Kier alpha value is -1.55. The van der Waals surface area contributed by atoms with E-state index < -0.39 is 0 Å². The maximum Gasteiger partial charge on any atom is 0.123 e. The SMILES string of the molecule is Nc1ccc(CNc2cccc(Br)c2)cn1. The van der Waals surface area contributed by atoms with Gasteiger partial charge < -0.3 is 11.1 Å². The van der Waals surface area contributed by atoms with Gasteiger partial charge in [-0.15, -0.1) is 0 Å². The molecule has 0 aliphatic heterocycles. The van der Waals surface area contributed by atoms with Crippen LogP contribution in [0.15, 0.2) is 47.1 Å². The average Bonchev–Trinajstić information content (AvgIpc) is 2.28. The molecule has 0 bridgehead atoms. The number of nitrogens with two attached hydrogens (primary N) is 1. The van der Waals surface area contributed by atoms with E-state index in [-0.39, 0.29) is 0 Å². The Morgan fingerprint density at radius 1 is 1.25 bits per heavy atom. The number of nitrogens with zero attached hydrogens (tertiary/aromatic N) is 1.